The maximum Gasteiger partial charge on any atom is 0.337 e. The van der Waals surface area contributed by atoms with Gasteiger partial charge in [0, 0.05) is 23.3 Å². The van der Waals surface area contributed by atoms with Gasteiger partial charge in [-0.1, -0.05) is 29.8 Å². The first kappa shape index (κ1) is 25.8. The summed E-state index contributed by atoms with van der Waals surface area (Å²) >= 11 is 0. The molecule has 0 saturated carbocycles. The first-order valence-corrected chi connectivity index (χ1v) is 11.7. The summed E-state index contributed by atoms with van der Waals surface area (Å²) in [7, 11) is 0. The Morgan fingerprint density at radius 2 is 1.73 bits per heavy atom. The molecular formula is C28H28N2O7. The van der Waals surface area contributed by atoms with E-state index in [0.29, 0.717) is 28.0 Å². The summed E-state index contributed by atoms with van der Waals surface area (Å²) in [4.78, 5) is 36.4. The predicted molar refractivity (Wildman–Crippen MR) is 138 cm³/mol. The summed E-state index contributed by atoms with van der Waals surface area (Å²) in [6.45, 7) is 10.8. The van der Waals surface area contributed by atoms with E-state index in [2.05, 4.69) is 5.32 Å². The lowest BCUT2D eigenvalue weighted by Gasteiger charge is -2.30. The number of carboxylic acid groups (broad SMARTS) is 1. The first-order chi connectivity index (χ1) is 17.3. The number of hydrogen-bond acceptors (Lipinski definition) is 6. The number of fused-ring (bicyclic) bond motifs is 2. The number of nitrogens with zero attached hydrogens (tertiary/aromatic N) is 1. The van der Waals surface area contributed by atoms with Crippen LogP contribution in [-0.4, -0.2) is 27.5 Å². The maximum absolute atomic E-state index is 13.2. The van der Waals surface area contributed by atoms with Crippen molar-refractivity contribution in [2.75, 3.05) is 5.32 Å². The Bertz CT molecular complexity index is 1440. The first-order valence-electron chi connectivity index (χ1n) is 11.7. The zero-order valence-electron chi connectivity index (χ0n) is 21.5. The summed E-state index contributed by atoms with van der Waals surface area (Å²) < 4.78 is 12.2. The molecular weight excluding hydrogens is 476 g/mol. The van der Waals surface area contributed by atoms with Gasteiger partial charge in [0.1, 0.15) is 5.75 Å². The van der Waals surface area contributed by atoms with E-state index in [1.807, 2.05) is 31.2 Å². The van der Waals surface area contributed by atoms with Crippen molar-refractivity contribution in [1.29, 1.82) is 0 Å². The molecule has 0 aliphatic carbocycles. The van der Waals surface area contributed by atoms with Crippen molar-refractivity contribution < 1.29 is 29.1 Å². The number of nitro benzene ring substituents is 1. The Hall–Kier alpha value is -4.24. The Morgan fingerprint density at radius 1 is 1.08 bits per heavy atom. The van der Waals surface area contributed by atoms with Crippen molar-refractivity contribution in [3.8, 4) is 22.6 Å². The van der Waals surface area contributed by atoms with Crippen LogP contribution in [0.4, 0.5) is 11.4 Å². The molecule has 2 N–H and O–H groups in total. The molecule has 1 atom stereocenters. The lowest BCUT2D eigenvalue weighted by molar-refractivity contribution is -0.384. The van der Waals surface area contributed by atoms with Gasteiger partial charge in [-0.15, -0.1) is 0 Å². The number of rotatable bonds is 5. The topological polar surface area (TPSA) is 128 Å². The van der Waals surface area contributed by atoms with E-state index < -0.39 is 28.5 Å². The van der Waals surface area contributed by atoms with E-state index in [-0.39, 0.29) is 22.7 Å². The van der Waals surface area contributed by atoms with Gasteiger partial charge < -0.3 is 19.9 Å². The van der Waals surface area contributed by atoms with E-state index >= 15 is 0 Å². The van der Waals surface area contributed by atoms with Crippen molar-refractivity contribution >= 4 is 23.3 Å². The summed E-state index contributed by atoms with van der Waals surface area (Å²) in [5, 5.41) is 24.3. The van der Waals surface area contributed by atoms with Gasteiger partial charge in [0.25, 0.3) is 11.6 Å². The normalized spacial score (nSPS) is 13.5. The summed E-state index contributed by atoms with van der Waals surface area (Å²) in [5.41, 5.74) is 3.12. The van der Waals surface area contributed by atoms with Crippen molar-refractivity contribution in [2.24, 2.45) is 0 Å². The average molecular weight is 505 g/mol. The molecule has 1 heterocycles. The third-order valence-electron chi connectivity index (χ3n) is 6.16. The van der Waals surface area contributed by atoms with Crippen LogP contribution in [0.5, 0.6) is 11.5 Å². The number of anilines is 1. The van der Waals surface area contributed by atoms with Crippen LogP contribution in [-0.2, 0) is 9.53 Å². The molecule has 0 fully saturated rings. The number of benzene rings is 3. The Kier molecular flexibility index (Phi) is 6.51. The molecule has 0 spiro atoms. The quantitative estimate of drug-likeness (QED) is 0.300. The molecule has 9 heteroatoms. The summed E-state index contributed by atoms with van der Waals surface area (Å²) in [5.74, 6) is -1.28. The highest BCUT2D eigenvalue weighted by Crippen LogP contribution is 2.49. The minimum Gasteiger partial charge on any atom is -0.479 e. The summed E-state index contributed by atoms with van der Waals surface area (Å²) in [6, 6.07) is 11.5. The fourth-order valence-electron chi connectivity index (χ4n) is 4.47. The van der Waals surface area contributed by atoms with Crippen LogP contribution in [0.1, 0.15) is 59.5 Å². The Morgan fingerprint density at radius 3 is 2.30 bits per heavy atom. The second kappa shape index (κ2) is 9.33. The number of ether oxygens (including phenoxy) is 2. The second-order valence-corrected chi connectivity index (χ2v) is 10.1. The zero-order chi connectivity index (χ0) is 27.2. The van der Waals surface area contributed by atoms with Gasteiger partial charge in [0.05, 0.1) is 21.8 Å². The number of carboxylic acids is 1. The number of nitro groups is 1. The standard InChI is InChI=1S/C28H28N2O7/c1-14-7-9-17(10-8-14)21-16(3)24-23(15(2)22(21)25(27(32)33)37-28(4,5)6)29-26(31)19-13-18(30(34)35)11-12-20(19)36-24/h7-13,25H,1-6H3,(H,29,31)(H,32,33)/t25-/m0/s1. The smallest absolute Gasteiger partial charge is 0.337 e. The predicted octanol–water partition coefficient (Wildman–Crippen LogP) is 6.49. The van der Waals surface area contributed by atoms with Gasteiger partial charge in [-0.3, -0.25) is 14.9 Å². The molecule has 0 radical (unpaired) electrons. The van der Waals surface area contributed by atoms with Crippen molar-refractivity contribution in [2.45, 2.75) is 53.2 Å². The number of aryl methyl sites for hydroxylation is 1. The zero-order valence-corrected chi connectivity index (χ0v) is 21.5. The second-order valence-electron chi connectivity index (χ2n) is 10.1. The van der Waals surface area contributed by atoms with Crippen molar-refractivity contribution in [1.82, 2.24) is 0 Å². The van der Waals surface area contributed by atoms with Crippen LogP contribution in [0.15, 0.2) is 42.5 Å². The molecule has 9 nitrogen and oxygen atoms in total. The maximum atomic E-state index is 13.2. The van der Waals surface area contributed by atoms with Gasteiger partial charge in [-0.2, -0.15) is 0 Å². The minimum atomic E-state index is -1.34. The minimum absolute atomic E-state index is 0.00311. The number of nitrogens with one attached hydrogen (secondary N) is 1. The van der Waals surface area contributed by atoms with Crippen LogP contribution in [0.2, 0.25) is 0 Å². The Labute approximate surface area is 214 Å². The molecule has 1 aliphatic rings. The number of aliphatic carboxylic acids is 1. The number of amides is 1. The SMILES string of the molecule is Cc1ccc(-c2c(C)c3c(c(C)c2[C@H](OC(C)(C)C)C(=O)O)NC(=O)c2cc([N+](=O)[O-])ccc2O3)cc1. The van der Waals surface area contributed by atoms with E-state index in [9.17, 15) is 24.8 Å². The highest BCUT2D eigenvalue weighted by Gasteiger charge is 2.36. The molecule has 0 aromatic heterocycles. The van der Waals surface area contributed by atoms with Crippen LogP contribution in [0.3, 0.4) is 0 Å². The van der Waals surface area contributed by atoms with Crippen LogP contribution >= 0.6 is 0 Å². The fraction of sp³-hybridized carbons (Fsp3) is 0.286. The molecule has 0 bridgehead atoms. The average Bonchev–Trinajstić information content (AvgIpc) is 2.96. The lowest BCUT2D eigenvalue weighted by Crippen LogP contribution is -2.28. The fourth-order valence-corrected chi connectivity index (χ4v) is 4.47. The van der Waals surface area contributed by atoms with E-state index in [0.717, 1.165) is 17.2 Å². The highest BCUT2D eigenvalue weighted by molar-refractivity contribution is 6.09. The Balaban J connectivity index is 2.04. The van der Waals surface area contributed by atoms with Crippen molar-refractivity contribution in [3.05, 3.63) is 80.4 Å². The molecule has 1 amide bonds. The number of hydrogen-bond donors (Lipinski definition) is 2. The van der Waals surface area contributed by atoms with Gasteiger partial charge in [0.15, 0.2) is 11.9 Å². The number of non-ortho nitro benzene ring substituents is 1. The summed E-state index contributed by atoms with van der Waals surface area (Å²) in [6.07, 6.45) is -1.34. The molecule has 0 unspecified atom stereocenters. The van der Waals surface area contributed by atoms with E-state index in [1.54, 1.807) is 34.6 Å². The van der Waals surface area contributed by atoms with Gasteiger partial charge >= 0.3 is 5.97 Å². The molecule has 4 rings (SSSR count). The van der Waals surface area contributed by atoms with Gasteiger partial charge in [-0.05, 0) is 64.3 Å². The van der Waals surface area contributed by atoms with Crippen LogP contribution in [0.25, 0.3) is 11.1 Å². The molecule has 3 aromatic carbocycles. The largest absolute Gasteiger partial charge is 0.479 e. The van der Waals surface area contributed by atoms with Crippen LogP contribution < -0.4 is 10.1 Å². The molecule has 37 heavy (non-hydrogen) atoms. The van der Waals surface area contributed by atoms with Crippen molar-refractivity contribution in [3.63, 3.8) is 0 Å². The van der Waals surface area contributed by atoms with E-state index in [1.165, 1.54) is 12.1 Å². The number of carbonyl (C=O) groups is 2. The lowest BCUT2D eigenvalue weighted by atomic mass is 9.86. The number of carbonyl (C=O) groups excluding carboxylic acids is 1. The third kappa shape index (κ3) is 4.90. The molecule has 0 saturated heterocycles. The van der Waals surface area contributed by atoms with Crippen LogP contribution in [0, 0.1) is 30.9 Å². The van der Waals surface area contributed by atoms with Gasteiger partial charge in [0.2, 0.25) is 0 Å². The third-order valence-corrected chi connectivity index (χ3v) is 6.16. The molecule has 192 valence electrons. The highest BCUT2D eigenvalue weighted by atomic mass is 16.6. The van der Waals surface area contributed by atoms with E-state index in [4.69, 9.17) is 9.47 Å². The van der Waals surface area contributed by atoms with Gasteiger partial charge in [-0.25, -0.2) is 4.79 Å². The monoisotopic (exact) mass is 504 g/mol. The molecule has 3 aromatic rings. The molecule has 1 aliphatic heterocycles.